The van der Waals surface area contributed by atoms with Crippen LogP contribution in [-0.4, -0.2) is 44.5 Å². The first-order chi connectivity index (χ1) is 8.96. The lowest BCUT2D eigenvalue weighted by Crippen LogP contribution is -2.60. The number of amides is 1. The number of piperazine rings is 1. The molecule has 0 saturated carbocycles. The molecule has 1 N–H and O–H groups in total. The van der Waals surface area contributed by atoms with Gasteiger partial charge in [-0.2, -0.15) is 0 Å². The first-order valence-corrected chi connectivity index (χ1v) is 8.11. The summed E-state index contributed by atoms with van der Waals surface area (Å²) in [5.41, 5.74) is 1.89. The Bertz CT molecular complexity index is 609. The minimum Gasteiger partial charge on any atom is -0.306 e. The van der Waals surface area contributed by atoms with Crippen molar-refractivity contribution in [3.63, 3.8) is 0 Å². The molecule has 0 radical (unpaired) electrons. The molecular formula is C13H16N2O3S. The molecule has 2 saturated heterocycles. The molecule has 0 aliphatic carbocycles. The lowest BCUT2D eigenvalue weighted by atomic mass is 10.1. The summed E-state index contributed by atoms with van der Waals surface area (Å²) in [6.45, 7) is 2.18. The molecule has 2 heterocycles. The van der Waals surface area contributed by atoms with Crippen LogP contribution in [0.15, 0.2) is 24.3 Å². The van der Waals surface area contributed by atoms with Crippen LogP contribution >= 0.6 is 0 Å². The van der Waals surface area contributed by atoms with E-state index in [9.17, 15) is 13.2 Å². The van der Waals surface area contributed by atoms with Gasteiger partial charge in [0.15, 0.2) is 9.84 Å². The number of carbonyl (C=O) groups excluding carboxylic acids is 1. The van der Waals surface area contributed by atoms with Crippen molar-refractivity contribution in [3.8, 4) is 0 Å². The summed E-state index contributed by atoms with van der Waals surface area (Å²) in [6.07, 6.45) is 0. The zero-order valence-electron chi connectivity index (χ0n) is 10.7. The average molecular weight is 280 g/mol. The molecule has 0 aromatic heterocycles. The van der Waals surface area contributed by atoms with Crippen LogP contribution < -0.4 is 10.2 Å². The van der Waals surface area contributed by atoms with Crippen LogP contribution in [0, 0.1) is 6.92 Å². The number of benzene rings is 1. The Balaban J connectivity index is 1.98. The summed E-state index contributed by atoms with van der Waals surface area (Å²) in [6, 6.07) is 7.19. The molecule has 2 atom stereocenters. The Kier molecular flexibility index (Phi) is 2.87. The fourth-order valence-corrected chi connectivity index (χ4v) is 4.73. The number of hydrogen-bond acceptors (Lipinski definition) is 4. The maximum Gasteiger partial charge on any atom is 0.241 e. The Hall–Kier alpha value is -1.40. The van der Waals surface area contributed by atoms with Gasteiger partial charge in [-0.25, -0.2) is 8.42 Å². The van der Waals surface area contributed by atoms with Crippen molar-refractivity contribution in [2.75, 3.05) is 23.0 Å². The van der Waals surface area contributed by atoms with E-state index in [1.165, 1.54) is 0 Å². The summed E-state index contributed by atoms with van der Waals surface area (Å²) in [5, 5.41) is 3.03. The SMILES string of the molecule is Cc1ccc(N2C(=O)CN[C@@H]3CS(=O)(=O)C[C@@H]32)cc1. The first-order valence-electron chi connectivity index (χ1n) is 6.29. The molecule has 6 heteroatoms. The summed E-state index contributed by atoms with van der Waals surface area (Å²) in [4.78, 5) is 13.7. The minimum absolute atomic E-state index is 0.0459. The maximum atomic E-state index is 12.1. The third-order valence-corrected chi connectivity index (χ3v) is 5.47. The number of nitrogens with one attached hydrogen (secondary N) is 1. The van der Waals surface area contributed by atoms with Gasteiger partial charge in [0.1, 0.15) is 0 Å². The Labute approximate surface area is 112 Å². The summed E-state index contributed by atoms with van der Waals surface area (Å²) >= 11 is 0. The van der Waals surface area contributed by atoms with Gasteiger partial charge in [0, 0.05) is 11.7 Å². The van der Waals surface area contributed by atoms with E-state index >= 15 is 0 Å². The van der Waals surface area contributed by atoms with Crippen molar-refractivity contribution >= 4 is 21.4 Å². The molecule has 1 aromatic carbocycles. The number of nitrogens with zero attached hydrogens (tertiary/aromatic N) is 1. The number of sulfone groups is 1. The number of aryl methyl sites for hydroxylation is 1. The van der Waals surface area contributed by atoms with Gasteiger partial charge in [0.2, 0.25) is 5.91 Å². The van der Waals surface area contributed by atoms with Gasteiger partial charge in [-0.15, -0.1) is 0 Å². The van der Waals surface area contributed by atoms with E-state index < -0.39 is 9.84 Å². The van der Waals surface area contributed by atoms with Crippen molar-refractivity contribution in [2.45, 2.75) is 19.0 Å². The fourth-order valence-electron chi connectivity index (χ4n) is 2.81. The third-order valence-electron chi connectivity index (χ3n) is 3.75. The standard InChI is InChI=1S/C13H16N2O3S/c1-9-2-4-10(5-3-9)15-12-8-19(17,18)7-11(12)14-6-13(15)16/h2-5,11-12,14H,6-8H2,1H3/t11-,12+/m1/s1. The topological polar surface area (TPSA) is 66.5 Å². The number of rotatable bonds is 1. The zero-order valence-corrected chi connectivity index (χ0v) is 11.5. The third kappa shape index (κ3) is 2.26. The van der Waals surface area contributed by atoms with E-state index in [4.69, 9.17) is 0 Å². The van der Waals surface area contributed by atoms with E-state index in [0.29, 0.717) is 0 Å². The second kappa shape index (κ2) is 4.31. The van der Waals surface area contributed by atoms with Crippen LogP contribution in [0.4, 0.5) is 5.69 Å². The lowest BCUT2D eigenvalue weighted by molar-refractivity contribution is -0.119. The van der Waals surface area contributed by atoms with Gasteiger partial charge in [-0.05, 0) is 19.1 Å². The van der Waals surface area contributed by atoms with Gasteiger partial charge in [0.25, 0.3) is 0 Å². The van der Waals surface area contributed by atoms with E-state index in [2.05, 4.69) is 5.32 Å². The van der Waals surface area contributed by atoms with Crippen molar-refractivity contribution < 1.29 is 13.2 Å². The second-order valence-electron chi connectivity index (χ2n) is 5.23. The number of anilines is 1. The van der Waals surface area contributed by atoms with Crippen molar-refractivity contribution in [3.05, 3.63) is 29.8 Å². The highest BCUT2D eigenvalue weighted by Crippen LogP contribution is 2.27. The van der Waals surface area contributed by atoms with Crippen molar-refractivity contribution in [1.82, 2.24) is 5.32 Å². The number of fused-ring (bicyclic) bond motifs is 1. The highest BCUT2D eigenvalue weighted by Gasteiger charge is 2.45. The highest BCUT2D eigenvalue weighted by atomic mass is 32.2. The van der Waals surface area contributed by atoms with Gasteiger partial charge in [-0.3, -0.25) is 4.79 Å². The van der Waals surface area contributed by atoms with Crippen LogP contribution in [0.3, 0.4) is 0 Å². The quantitative estimate of drug-likeness (QED) is 0.792. The lowest BCUT2D eigenvalue weighted by Gasteiger charge is -2.37. The Morgan fingerprint density at radius 1 is 1.21 bits per heavy atom. The normalized spacial score (nSPS) is 29.3. The maximum absolute atomic E-state index is 12.1. The summed E-state index contributed by atoms with van der Waals surface area (Å²) in [5.74, 6) is 0.0969. The van der Waals surface area contributed by atoms with Crippen LogP contribution in [-0.2, 0) is 14.6 Å². The van der Waals surface area contributed by atoms with Gasteiger partial charge < -0.3 is 10.2 Å². The van der Waals surface area contributed by atoms with Crippen LogP contribution in [0.2, 0.25) is 0 Å². The molecule has 2 aliphatic heterocycles. The van der Waals surface area contributed by atoms with Gasteiger partial charge >= 0.3 is 0 Å². The highest BCUT2D eigenvalue weighted by molar-refractivity contribution is 7.91. The van der Waals surface area contributed by atoms with Gasteiger partial charge in [0.05, 0.1) is 24.1 Å². The molecule has 3 rings (SSSR count). The Morgan fingerprint density at radius 3 is 2.58 bits per heavy atom. The molecule has 0 unspecified atom stereocenters. The zero-order chi connectivity index (χ0) is 13.6. The summed E-state index contributed by atoms with van der Waals surface area (Å²) in [7, 11) is -3.06. The van der Waals surface area contributed by atoms with Crippen molar-refractivity contribution in [1.29, 1.82) is 0 Å². The fraction of sp³-hybridized carbons (Fsp3) is 0.462. The predicted octanol–water partition coefficient (Wildman–Crippen LogP) is 0.0968. The van der Waals surface area contributed by atoms with Crippen molar-refractivity contribution in [2.24, 2.45) is 0 Å². The average Bonchev–Trinajstić information content (AvgIpc) is 2.65. The predicted molar refractivity (Wildman–Crippen MR) is 72.9 cm³/mol. The van der Waals surface area contributed by atoms with E-state index in [-0.39, 0.29) is 36.0 Å². The number of carbonyl (C=O) groups is 1. The second-order valence-corrected chi connectivity index (χ2v) is 7.38. The van der Waals surface area contributed by atoms with E-state index in [0.717, 1.165) is 11.3 Å². The van der Waals surface area contributed by atoms with Crippen LogP contribution in [0.1, 0.15) is 5.56 Å². The minimum atomic E-state index is -3.06. The molecule has 2 aliphatic rings. The van der Waals surface area contributed by atoms with E-state index in [1.807, 2.05) is 31.2 Å². The molecule has 102 valence electrons. The Morgan fingerprint density at radius 2 is 1.89 bits per heavy atom. The smallest absolute Gasteiger partial charge is 0.241 e. The molecule has 2 fully saturated rings. The molecular weight excluding hydrogens is 264 g/mol. The first kappa shape index (κ1) is 12.6. The number of hydrogen-bond donors (Lipinski definition) is 1. The van der Waals surface area contributed by atoms with Gasteiger partial charge in [-0.1, -0.05) is 17.7 Å². The molecule has 5 nitrogen and oxygen atoms in total. The van der Waals surface area contributed by atoms with Crippen LogP contribution in [0.25, 0.3) is 0 Å². The molecule has 19 heavy (non-hydrogen) atoms. The molecule has 1 amide bonds. The molecule has 0 bridgehead atoms. The monoisotopic (exact) mass is 280 g/mol. The van der Waals surface area contributed by atoms with E-state index in [1.54, 1.807) is 4.90 Å². The molecule has 1 aromatic rings. The van der Waals surface area contributed by atoms with Crippen LogP contribution in [0.5, 0.6) is 0 Å². The summed E-state index contributed by atoms with van der Waals surface area (Å²) < 4.78 is 23.5. The molecule has 0 spiro atoms. The largest absolute Gasteiger partial charge is 0.306 e.